The fraction of sp³-hybridized carbons (Fsp3) is 0.182. The molecule has 0 saturated heterocycles. The largest absolute Gasteiger partial charge is 0.322 e. The second-order valence-electron chi connectivity index (χ2n) is 9.69. The number of hydrogen-bond acceptors (Lipinski definition) is 3. The average Bonchev–Trinajstić information content (AvgIpc) is 2.98. The predicted octanol–water partition coefficient (Wildman–Crippen LogP) is 6.93. The van der Waals surface area contributed by atoms with Gasteiger partial charge < -0.3 is 10.2 Å². The summed E-state index contributed by atoms with van der Waals surface area (Å²) in [7, 11) is 0. The molecule has 1 N–H and O–H groups in total. The van der Waals surface area contributed by atoms with Gasteiger partial charge in [0.1, 0.15) is 11.6 Å². The zero-order valence-corrected chi connectivity index (χ0v) is 22.5. The normalized spacial score (nSPS) is 11.8. The molecule has 7 heteroatoms. The summed E-state index contributed by atoms with van der Waals surface area (Å²) in [6.07, 6.45) is 1.46. The van der Waals surface area contributed by atoms with Gasteiger partial charge in [0.05, 0.1) is 22.6 Å². The summed E-state index contributed by atoms with van der Waals surface area (Å²) in [6.45, 7) is 4.29. The number of carbonyl (C=O) groups excluding carboxylic acids is 1. The van der Waals surface area contributed by atoms with Crippen molar-refractivity contribution in [2.24, 2.45) is 0 Å². The third-order valence-electron chi connectivity index (χ3n) is 7.07. The Morgan fingerprint density at radius 1 is 0.925 bits per heavy atom. The molecule has 1 aromatic heterocycles. The van der Waals surface area contributed by atoms with E-state index < -0.39 is 17.9 Å². The van der Waals surface area contributed by atoms with Crippen LogP contribution in [0.25, 0.3) is 16.6 Å². The number of carbonyl (C=O) groups is 1. The molecule has 5 aromatic rings. The predicted molar refractivity (Wildman–Crippen MR) is 157 cm³/mol. The molecule has 0 aliphatic carbocycles. The highest BCUT2D eigenvalue weighted by Gasteiger charge is 2.27. The number of halogens is 1. The third kappa shape index (κ3) is 5.78. The number of aryl methyl sites for hydroxylation is 1. The molecule has 4 aromatic carbocycles. The zero-order valence-electron chi connectivity index (χ0n) is 22.5. The molecule has 5 rings (SSSR count). The van der Waals surface area contributed by atoms with Crippen LogP contribution in [0.2, 0.25) is 0 Å². The van der Waals surface area contributed by atoms with Crippen molar-refractivity contribution in [3.63, 3.8) is 0 Å². The Morgan fingerprint density at radius 3 is 2.38 bits per heavy atom. The molecule has 0 aliphatic rings. The van der Waals surface area contributed by atoms with E-state index in [1.807, 2.05) is 73.7 Å². The third-order valence-corrected chi connectivity index (χ3v) is 7.07. The number of rotatable bonds is 8. The molecule has 0 bridgehead atoms. The number of nitrogens with zero attached hydrogens (tertiary/aromatic N) is 3. The van der Waals surface area contributed by atoms with E-state index in [0.717, 1.165) is 17.5 Å². The summed E-state index contributed by atoms with van der Waals surface area (Å²) in [5, 5.41) is 3.33. The number of aromatic nitrogens is 2. The van der Waals surface area contributed by atoms with E-state index in [0.29, 0.717) is 41.1 Å². The topological polar surface area (TPSA) is 67.2 Å². The van der Waals surface area contributed by atoms with Crippen LogP contribution in [0.15, 0.2) is 108 Å². The van der Waals surface area contributed by atoms with Gasteiger partial charge in [0.25, 0.3) is 5.56 Å². The summed E-state index contributed by atoms with van der Waals surface area (Å²) >= 11 is 0. The van der Waals surface area contributed by atoms with Crippen LogP contribution < -0.4 is 10.9 Å². The standard InChI is InChI=1S/C33H31FN4O2/c1-3-24-16-18-28(19-17-24)38-31(36-30-15-8-7-14-29(30)32(38)39)23(2)37(21-20-25-10-5-4-6-11-25)33(40)35-27-13-9-12-26(34)22-27/h4-19,22-23H,3,20-21H2,1-2H3,(H,35,40). The van der Waals surface area contributed by atoms with Crippen LogP contribution >= 0.6 is 0 Å². The van der Waals surface area contributed by atoms with Crippen molar-refractivity contribution in [3.8, 4) is 5.69 Å². The smallest absolute Gasteiger partial charge is 0.314 e. The van der Waals surface area contributed by atoms with Gasteiger partial charge in [0.15, 0.2) is 0 Å². The SMILES string of the molecule is CCc1ccc(-n2c(C(C)N(CCc3ccccc3)C(=O)Nc3cccc(F)c3)nc3ccccc3c2=O)cc1. The minimum Gasteiger partial charge on any atom is -0.314 e. The Kier molecular flexibility index (Phi) is 8.01. The van der Waals surface area contributed by atoms with E-state index in [-0.39, 0.29) is 5.56 Å². The monoisotopic (exact) mass is 534 g/mol. The van der Waals surface area contributed by atoms with E-state index in [4.69, 9.17) is 4.98 Å². The van der Waals surface area contributed by atoms with Crippen LogP contribution in [0.3, 0.4) is 0 Å². The van der Waals surface area contributed by atoms with Gasteiger partial charge in [0, 0.05) is 12.2 Å². The maximum atomic E-state index is 13.9. The number of fused-ring (bicyclic) bond motifs is 1. The molecule has 6 nitrogen and oxygen atoms in total. The van der Waals surface area contributed by atoms with Crippen LogP contribution in [-0.4, -0.2) is 27.0 Å². The van der Waals surface area contributed by atoms with Gasteiger partial charge in [-0.1, -0.05) is 67.6 Å². The van der Waals surface area contributed by atoms with Gasteiger partial charge in [-0.15, -0.1) is 0 Å². The van der Waals surface area contributed by atoms with Crippen molar-refractivity contribution in [1.29, 1.82) is 0 Å². The lowest BCUT2D eigenvalue weighted by molar-refractivity contribution is 0.190. The highest BCUT2D eigenvalue weighted by Crippen LogP contribution is 2.25. The first-order valence-corrected chi connectivity index (χ1v) is 13.4. The molecular formula is C33H31FN4O2. The van der Waals surface area contributed by atoms with Gasteiger partial charge in [-0.3, -0.25) is 9.36 Å². The Hall–Kier alpha value is -4.78. The van der Waals surface area contributed by atoms with Crippen LogP contribution in [0.4, 0.5) is 14.9 Å². The van der Waals surface area contributed by atoms with Crippen molar-refractivity contribution in [2.75, 3.05) is 11.9 Å². The maximum Gasteiger partial charge on any atom is 0.322 e. The molecule has 0 aliphatic heterocycles. The molecule has 1 heterocycles. The lowest BCUT2D eigenvalue weighted by Gasteiger charge is -2.31. The quantitative estimate of drug-likeness (QED) is 0.235. The van der Waals surface area contributed by atoms with Gasteiger partial charge in [-0.05, 0) is 73.4 Å². The van der Waals surface area contributed by atoms with E-state index in [1.165, 1.54) is 12.1 Å². The van der Waals surface area contributed by atoms with Crippen molar-refractivity contribution >= 4 is 22.6 Å². The van der Waals surface area contributed by atoms with Gasteiger partial charge >= 0.3 is 6.03 Å². The second kappa shape index (κ2) is 11.9. The molecule has 1 atom stereocenters. The molecule has 0 radical (unpaired) electrons. The molecule has 0 spiro atoms. The number of anilines is 1. The van der Waals surface area contributed by atoms with Crippen LogP contribution in [0.1, 0.15) is 36.8 Å². The minimum absolute atomic E-state index is 0.203. The van der Waals surface area contributed by atoms with Crippen LogP contribution in [-0.2, 0) is 12.8 Å². The van der Waals surface area contributed by atoms with Gasteiger partial charge in [-0.25, -0.2) is 14.2 Å². The summed E-state index contributed by atoms with van der Waals surface area (Å²) in [5.74, 6) is -0.00218. The average molecular weight is 535 g/mol. The van der Waals surface area contributed by atoms with E-state index in [1.54, 1.807) is 33.7 Å². The summed E-state index contributed by atoms with van der Waals surface area (Å²) < 4.78 is 15.5. The van der Waals surface area contributed by atoms with Gasteiger partial charge in [-0.2, -0.15) is 0 Å². The molecule has 0 fully saturated rings. The highest BCUT2D eigenvalue weighted by atomic mass is 19.1. The molecule has 40 heavy (non-hydrogen) atoms. The molecule has 0 saturated carbocycles. The van der Waals surface area contributed by atoms with E-state index in [2.05, 4.69) is 12.2 Å². The van der Waals surface area contributed by atoms with Gasteiger partial charge in [0.2, 0.25) is 0 Å². The number of amides is 2. The number of urea groups is 1. The van der Waals surface area contributed by atoms with Crippen molar-refractivity contribution in [1.82, 2.24) is 14.5 Å². The lowest BCUT2D eigenvalue weighted by Crippen LogP contribution is -2.41. The highest BCUT2D eigenvalue weighted by molar-refractivity contribution is 5.89. The number of benzene rings is 4. The first kappa shape index (κ1) is 26.8. The maximum absolute atomic E-state index is 13.9. The summed E-state index contributed by atoms with van der Waals surface area (Å²) in [6, 6.07) is 29.7. The molecule has 1 unspecified atom stereocenters. The number of hydrogen-bond donors (Lipinski definition) is 1. The zero-order chi connectivity index (χ0) is 28.1. The lowest BCUT2D eigenvalue weighted by atomic mass is 10.1. The van der Waals surface area contributed by atoms with Crippen molar-refractivity contribution in [2.45, 2.75) is 32.7 Å². The fourth-order valence-corrected chi connectivity index (χ4v) is 4.83. The van der Waals surface area contributed by atoms with Crippen molar-refractivity contribution in [3.05, 3.63) is 136 Å². The summed E-state index contributed by atoms with van der Waals surface area (Å²) in [4.78, 5) is 34.1. The number of para-hydroxylation sites is 1. The minimum atomic E-state index is -0.597. The van der Waals surface area contributed by atoms with Crippen molar-refractivity contribution < 1.29 is 9.18 Å². The Labute approximate surface area is 232 Å². The molecule has 2 amide bonds. The Balaban J connectivity index is 1.60. The summed E-state index contributed by atoms with van der Waals surface area (Å²) in [5.41, 5.74) is 3.60. The fourth-order valence-electron chi connectivity index (χ4n) is 4.83. The van der Waals surface area contributed by atoms with Crippen LogP contribution in [0.5, 0.6) is 0 Å². The first-order valence-electron chi connectivity index (χ1n) is 13.4. The number of nitrogens with one attached hydrogen (secondary N) is 1. The second-order valence-corrected chi connectivity index (χ2v) is 9.69. The Bertz CT molecular complexity index is 1680. The first-order chi connectivity index (χ1) is 19.4. The molecule has 202 valence electrons. The molecular weight excluding hydrogens is 503 g/mol. The van der Waals surface area contributed by atoms with E-state index >= 15 is 0 Å². The van der Waals surface area contributed by atoms with Crippen LogP contribution in [0, 0.1) is 5.82 Å². The van der Waals surface area contributed by atoms with E-state index in [9.17, 15) is 14.0 Å². The Morgan fingerprint density at radius 2 is 1.65 bits per heavy atom.